The Morgan fingerprint density at radius 2 is 1.93 bits per heavy atom. The molecule has 0 aliphatic rings. The minimum atomic E-state index is -3.88. The number of hydrogen-bond donors (Lipinski definition) is 2. The van der Waals surface area contributed by atoms with E-state index < -0.39 is 21.5 Å². The van der Waals surface area contributed by atoms with Crippen LogP contribution in [0, 0.1) is 0 Å². The number of anilines is 1. The van der Waals surface area contributed by atoms with E-state index in [9.17, 15) is 13.2 Å². The van der Waals surface area contributed by atoms with Crippen molar-refractivity contribution in [1.29, 1.82) is 0 Å². The first-order valence-electron chi connectivity index (χ1n) is 8.19. The molecule has 3 rings (SSSR count). The van der Waals surface area contributed by atoms with Gasteiger partial charge in [-0.25, -0.2) is 18.1 Å². The van der Waals surface area contributed by atoms with Gasteiger partial charge >= 0.3 is 0 Å². The van der Waals surface area contributed by atoms with Gasteiger partial charge in [-0.05, 0) is 50.4 Å². The Labute approximate surface area is 176 Å². The molecule has 0 aliphatic carbocycles. The molecule has 10 heteroatoms. The quantitative estimate of drug-likeness (QED) is 0.575. The summed E-state index contributed by atoms with van der Waals surface area (Å²) in [4.78, 5) is 17.8. The van der Waals surface area contributed by atoms with Crippen LogP contribution in [-0.2, 0) is 10.0 Å². The summed E-state index contributed by atoms with van der Waals surface area (Å²) in [6, 6.07) is 8.01. The second kappa shape index (κ2) is 7.92. The van der Waals surface area contributed by atoms with Gasteiger partial charge in [0.15, 0.2) is 5.13 Å². The molecule has 0 saturated heterocycles. The lowest BCUT2D eigenvalue weighted by molar-refractivity contribution is 0.102. The van der Waals surface area contributed by atoms with E-state index in [0.29, 0.717) is 5.13 Å². The Morgan fingerprint density at radius 3 is 2.57 bits per heavy atom. The number of hydrogen-bond acceptors (Lipinski definition) is 6. The van der Waals surface area contributed by atoms with Crippen molar-refractivity contribution in [2.24, 2.45) is 0 Å². The summed E-state index contributed by atoms with van der Waals surface area (Å²) >= 11 is 8.93. The summed E-state index contributed by atoms with van der Waals surface area (Å²) in [7, 11) is -3.88. The van der Waals surface area contributed by atoms with Gasteiger partial charge in [-0.1, -0.05) is 17.7 Å². The van der Waals surface area contributed by atoms with Gasteiger partial charge in [-0.3, -0.25) is 10.1 Å². The van der Waals surface area contributed by atoms with Crippen LogP contribution in [0.15, 0.2) is 46.0 Å². The molecule has 3 aromatic rings. The fourth-order valence-electron chi connectivity index (χ4n) is 2.35. The number of nitrogens with one attached hydrogen (secondary N) is 2. The van der Waals surface area contributed by atoms with Crippen LogP contribution in [0.1, 0.15) is 31.1 Å². The average Bonchev–Trinajstić information content (AvgIpc) is 3.23. The van der Waals surface area contributed by atoms with Gasteiger partial charge in [0.1, 0.15) is 4.90 Å². The van der Waals surface area contributed by atoms with Crippen molar-refractivity contribution in [1.82, 2.24) is 9.71 Å². The predicted molar refractivity (Wildman–Crippen MR) is 115 cm³/mol. The normalized spacial score (nSPS) is 12.1. The fraction of sp³-hybridized carbons (Fsp3) is 0.222. The first kappa shape index (κ1) is 20.9. The monoisotopic (exact) mass is 455 g/mol. The Balaban J connectivity index is 1.83. The maximum Gasteiger partial charge on any atom is 0.257 e. The largest absolute Gasteiger partial charge is 0.298 e. The van der Waals surface area contributed by atoms with Crippen LogP contribution in [0.3, 0.4) is 0 Å². The van der Waals surface area contributed by atoms with Crippen molar-refractivity contribution >= 4 is 55.3 Å². The molecule has 0 saturated carbocycles. The molecule has 28 heavy (non-hydrogen) atoms. The van der Waals surface area contributed by atoms with Crippen LogP contribution in [0.25, 0.3) is 10.6 Å². The number of halogens is 1. The third-order valence-electron chi connectivity index (χ3n) is 3.42. The summed E-state index contributed by atoms with van der Waals surface area (Å²) in [5.74, 6) is -0.462. The molecule has 0 spiro atoms. The molecule has 1 amide bonds. The molecular weight excluding hydrogens is 438 g/mol. The number of thiazole rings is 1. The third kappa shape index (κ3) is 4.98. The van der Waals surface area contributed by atoms with Gasteiger partial charge in [-0.15, -0.1) is 22.7 Å². The van der Waals surface area contributed by atoms with Crippen LogP contribution in [0.4, 0.5) is 5.13 Å². The highest BCUT2D eigenvalue weighted by molar-refractivity contribution is 7.89. The lowest BCUT2D eigenvalue weighted by atomic mass is 10.1. The van der Waals surface area contributed by atoms with Crippen molar-refractivity contribution in [3.63, 3.8) is 0 Å². The molecule has 1 aromatic carbocycles. The summed E-state index contributed by atoms with van der Waals surface area (Å²) in [6.07, 6.45) is 0. The SMILES string of the molecule is CC(C)(C)NS(=O)(=O)c1cc(C(=O)Nc2nc(-c3cccs3)cs2)ccc1Cl. The highest BCUT2D eigenvalue weighted by Gasteiger charge is 2.25. The number of nitrogens with zero attached hydrogens (tertiary/aromatic N) is 1. The van der Waals surface area contributed by atoms with E-state index in [4.69, 9.17) is 11.6 Å². The summed E-state index contributed by atoms with van der Waals surface area (Å²) < 4.78 is 27.7. The summed E-state index contributed by atoms with van der Waals surface area (Å²) in [6.45, 7) is 5.17. The van der Waals surface area contributed by atoms with Crippen molar-refractivity contribution in [2.75, 3.05) is 5.32 Å². The minimum absolute atomic E-state index is 0.0440. The second-order valence-corrected chi connectivity index (χ2v) is 10.8. The van der Waals surface area contributed by atoms with Gasteiger partial charge in [-0.2, -0.15) is 0 Å². The first-order valence-corrected chi connectivity index (χ1v) is 11.8. The van der Waals surface area contributed by atoms with Crippen LogP contribution in [0.5, 0.6) is 0 Å². The molecule has 0 radical (unpaired) electrons. The lowest BCUT2D eigenvalue weighted by Gasteiger charge is -2.21. The van der Waals surface area contributed by atoms with Gasteiger partial charge in [0, 0.05) is 16.5 Å². The predicted octanol–water partition coefficient (Wildman–Crippen LogP) is 4.85. The Hall–Kier alpha value is -1.78. The second-order valence-electron chi connectivity index (χ2n) is 6.97. The fourth-order valence-corrected chi connectivity index (χ4v) is 5.76. The van der Waals surface area contributed by atoms with Crippen LogP contribution >= 0.6 is 34.3 Å². The molecular formula is C18H18ClN3O3S3. The standard InChI is InChI=1S/C18H18ClN3O3S3/c1-18(2,3)22-28(24,25)15-9-11(6-7-12(15)19)16(23)21-17-20-13(10-27-17)14-5-4-8-26-14/h4-10,22H,1-3H3,(H,20,21,23). The van der Waals surface area contributed by atoms with Crippen molar-refractivity contribution in [3.05, 3.63) is 51.7 Å². The third-order valence-corrected chi connectivity index (χ3v) is 7.31. The number of aromatic nitrogens is 1. The van der Waals surface area contributed by atoms with Crippen molar-refractivity contribution in [3.8, 4) is 10.6 Å². The molecule has 0 bridgehead atoms. The molecule has 6 nitrogen and oxygen atoms in total. The number of amides is 1. The molecule has 2 N–H and O–H groups in total. The number of carbonyl (C=O) groups is 1. The maximum atomic E-state index is 12.6. The molecule has 148 valence electrons. The van der Waals surface area contributed by atoms with E-state index >= 15 is 0 Å². The van der Waals surface area contributed by atoms with Gasteiger partial charge in [0.25, 0.3) is 5.91 Å². The van der Waals surface area contributed by atoms with Crippen LogP contribution < -0.4 is 10.0 Å². The van der Waals surface area contributed by atoms with Crippen LogP contribution in [0.2, 0.25) is 5.02 Å². The highest BCUT2D eigenvalue weighted by Crippen LogP contribution is 2.29. The maximum absolute atomic E-state index is 12.6. The zero-order chi connectivity index (χ0) is 20.5. The number of benzene rings is 1. The topological polar surface area (TPSA) is 88.2 Å². The first-order chi connectivity index (χ1) is 13.0. The van der Waals surface area contributed by atoms with E-state index in [-0.39, 0.29) is 15.5 Å². The Kier molecular flexibility index (Phi) is 5.92. The Bertz CT molecular complexity index is 1100. The number of sulfonamides is 1. The van der Waals surface area contributed by atoms with E-state index in [2.05, 4.69) is 15.0 Å². The zero-order valence-electron chi connectivity index (χ0n) is 15.3. The molecule has 0 unspecified atom stereocenters. The Morgan fingerprint density at radius 1 is 1.18 bits per heavy atom. The molecule has 2 aromatic heterocycles. The van der Waals surface area contributed by atoms with E-state index in [1.807, 2.05) is 22.9 Å². The smallest absolute Gasteiger partial charge is 0.257 e. The van der Waals surface area contributed by atoms with Crippen molar-refractivity contribution < 1.29 is 13.2 Å². The minimum Gasteiger partial charge on any atom is -0.298 e. The number of thiophene rings is 1. The molecule has 0 aliphatic heterocycles. The molecule has 0 atom stereocenters. The highest BCUT2D eigenvalue weighted by atomic mass is 35.5. The summed E-state index contributed by atoms with van der Waals surface area (Å²) in [5, 5.41) is 6.98. The summed E-state index contributed by atoms with van der Waals surface area (Å²) in [5.41, 5.74) is 0.273. The molecule has 2 heterocycles. The van der Waals surface area contributed by atoms with E-state index in [0.717, 1.165) is 10.6 Å². The van der Waals surface area contributed by atoms with Gasteiger partial charge < -0.3 is 0 Å². The number of carbonyl (C=O) groups excluding carboxylic acids is 1. The van der Waals surface area contributed by atoms with E-state index in [1.54, 1.807) is 32.1 Å². The van der Waals surface area contributed by atoms with Crippen molar-refractivity contribution in [2.45, 2.75) is 31.2 Å². The lowest BCUT2D eigenvalue weighted by Crippen LogP contribution is -2.40. The van der Waals surface area contributed by atoms with Crippen LogP contribution in [-0.4, -0.2) is 24.8 Å². The average molecular weight is 456 g/mol. The number of rotatable bonds is 5. The van der Waals surface area contributed by atoms with E-state index in [1.165, 1.54) is 29.5 Å². The van der Waals surface area contributed by atoms with Gasteiger partial charge in [0.05, 0.1) is 15.6 Å². The molecule has 0 fully saturated rings. The zero-order valence-corrected chi connectivity index (χ0v) is 18.5. The van der Waals surface area contributed by atoms with Gasteiger partial charge in [0.2, 0.25) is 10.0 Å².